The highest BCUT2D eigenvalue weighted by molar-refractivity contribution is 6.31. The van der Waals surface area contributed by atoms with E-state index in [1.807, 2.05) is 0 Å². The van der Waals surface area contributed by atoms with Crippen molar-refractivity contribution in [2.45, 2.75) is 19.6 Å². The third kappa shape index (κ3) is 6.22. The average molecular weight is 383 g/mol. The van der Waals surface area contributed by atoms with E-state index in [0.717, 1.165) is 12.1 Å². The fourth-order valence-corrected chi connectivity index (χ4v) is 1.81. The van der Waals surface area contributed by atoms with E-state index < -0.39 is 24.3 Å². The molecule has 0 aliphatic rings. The van der Waals surface area contributed by atoms with E-state index in [1.165, 1.54) is 24.5 Å². The van der Waals surface area contributed by atoms with Crippen LogP contribution in [0.15, 0.2) is 40.6 Å². The number of hydrogen-bond donors (Lipinski definition) is 2. The first-order valence-electron chi connectivity index (χ1n) is 7.58. The monoisotopic (exact) mass is 383 g/mol. The largest absolute Gasteiger partial charge is 0.457 e. The lowest BCUT2D eigenvalue weighted by atomic mass is 10.3. The number of nitrogens with two attached hydrogens (primary N) is 1. The number of aliphatic hydroxyl groups excluding tert-OH is 1. The van der Waals surface area contributed by atoms with Crippen molar-refractivity contribution in [1.82, 2.24) is 9.97 Å². The topological polar surface area (TPSA) is 115 Å². The zero-order valence-electron chi connectivity index (χ0n) is 14.1. The molecule has 0 spiro atoms. The van der Waals surface area contributed by atoms with Gasteiger partial charge < -0.3 is 20.4 Å². The number of alkyl halides is 2. The molecule has 0 aliphatic carbocycles. The molecule has 0 saturated heterocycles. The molecular weight excluding hydrogens is 367 g/mol. The summed E-state index contributed by atoms with van der Waals surface area (Å²) in [5, 5.41) is 13.0. The zero-order chi connectivity index (χ0) is 19.8. The maximum atomic E-state index is 13.4. The van der Waals surface area contributed by atoms with Gasteiger partial charge in [0, 0.05) is 12.3 Å². The lowest BCUT2D eigenvalue weighted by molar-refractivity contribution is -0.0521. The molecule has 8 nitrogen and oxygen atoms in total. The molecule has 1 atom stereocenters. The first-order valence-corrected chi connectivity index (χ1v) is 7.58. The van der Waals surface area contributed by atoms with Crippen LogP contribution in [0.2, 0.25) is 0 Å². The summed E-state index contributed by atoms with van der Waals surface area (Å²) in [5.74, 6) is 3.67. The van der Waals surface area contributed by atoms with E-state index in [4.69, 9.17) is 10.6 Å². The number of aromatic nitrogens is 2. The molecule has 0 fully saturated rings. The van der Waals surface area contributed by atoms with Crippen molar-refractivity contribution in [3.8, 4) is 11.8 Å². The molecule has 2 rings (SSSR count). The van der Waals surface area contributed by atoms with Gasteiger partial charge in [0.2, 0.25) is 0 Å². The molecule has 27 heavy (non-hydrogen) atoms. The summed E-state index contributed by atoms with van der Waals surface area (Å²) in [4.78, 5) is 11.8. The summed E-state index contributed by atoms with van der Waals surface area (Å²) < 4.78 is 47.2. The SMILES string of the molecule is CC(O)c1ccnc(OCC(C=Nc2ccc(F)c(OC(F)F)c2)=NN)n1. The van der Waals surface area contributed by atoms with Gasteiger partial charge in [0.1, 0.15) is 12.3 Å². The van der Waals surface area contributed by atoms with Crippen LogP contribution in [0.1, 0.15) is 18.7 Å². The lowest BCUT2D eigenvalue weighted by Gasteiger charge is -2.07. The summed E-state index contributed by atoms with van der Waals surface area (Å²) in [7, 11) is 0. The minimum atomic E-state index is -3.16. The van der Waals surface area contributed by atoms with Crippen LogP contribution in [0.3, 0.4) is 0 Å². The minimum absolute atomic E-state index is 0.00245. The van der Waals surface area contributed by atoms with Gasteiger partial charge in [-0.25, -0.2) is 9.37 Å². The van der Waals surface area contributed by atoms with E-state index in [0.29, 0.717) is 5.69 Å². The number of aliphatic hydroxyl groups is 1. The number of hydrogen-bond acceptors (Lipinski definition) is 8. The maximum Gasteiger partial charge on any atom is 0.387 e. The van der Waals surface area contributed by atoms with Crippen molar-refractivity contribution in [3.63, 3.8) is 0 Å². The highest BCUT2D eigenvalue weighted by Crippen LogP contribution is 2.25. The Labute approximate surface area is 152 Å². The predicted octanol–water partition coefficient (Wildman–Crippen LogP) is 2.37. The second kappa shape index (κ2) is 9.48. The molecule has 2 aromatic rings. The highest BCUT2D eigenvalue weighted by atomic mass is 19.3. The van der Waals surface area contributed by atoms with Gasteiger partial charge >= 0.3 is 12.6 Å². The van der Waals surface area contributed by atoms with Gasteiger partial charge in [0.15, 0.2) is 11.6 Å². The summed E-state index contributed by atoms with van der Waals surface area (Å²) in [5.41, 5.74) is 0.681. The van der Waals surface area contributed by atoms with Crippen LogP contribution in [-0.2, 0) is 0 Å². The van der Waals surface area contributed by atoms with Gasteiger partial charge in [-0.1, -0.05) is 0 Å². The Morgan fingerprint density at radius 2 is 2.15 bits per heavy atom. The van der Waals surface area contributed by atoms with Crippen molar-refractivity contribution in [2.75, 3.05) is 6.61 Å². The number of rotatable bonds is 8. The van der Waals surface area contributed by atoms with Gasteiger partial charge in [0.25, 0.3) is 0 Å². The van der Waals surface area contributed by atoms with E-state index in [2.05, 4.69) is 24.8 Å². The average Bonchev–Trinajstić information content (AvgIpc) is 2.64. The molecule has 0 aliphatic heterocycles. The fourth-order valence-electron chi connectivity index (χ4n) is 1.81. The number of nitrogens with zero attached hydrogens (tertiary/aromatic N) is 4. The molecule has 0 radical (unpaired) electrons. The van der Waals surface area contributed by atoms with Crippen LogP contribution < -0.4 is 15.3 Å². The third-order valence-electron chi connectivity index (χ3n) is 3.09. The van der Waals surface area contributed by atoms with Crippen LogP contribution in [-0.4, -0.2) is 40.2 Å². The predicted molar refractivity (Wildman–Crippen MR) is 91.0 cm³/mol. The second-order valence-corrected chi connectivity index (χ2v) is 5.10. The van der Waals surface area contributed by atoms with Crippen molar-refractivity contribution < 1.29 is 27.8 Å². The molecule has 1 heterocycles. The van der Waals surface area contributed by atoms with Crippen molar-refractivity contribution >= 4 is 17.6 Å². The number of aliphatic imine (C=N–C) groups is 1. The summed E-state index contributed by atoms with van der Waals surface area (Å²) in [6.07, 6.45) is 1.83. The molecule has 3 N–H and O–H groups in total. The third-order valence-corrected chi connectivity index (χ3v) is 3.09. The van der Waals surface area contributed by atoms with Gasteiger partial charge in [-0.3, -0.25) is 4.99 Å². The van der Waals surface area contributed by atoms with Crippen LogP contribution in [0.4, 0.5) is 18.9 Å². The first-order chi connectivity index (χ1) is 12.9. The molecule has 144 valence electrons. The Morgan fingerprint density at radius 3 is 2.81 bits per heavy atom. The molecule has 0 bridgehead atoms. The molecule has 11 heteroatoms. The van der Waals surface area contributed by atoms with Crippen LogP contribution >= 0.6 is 0 Å². The maximum absolute atomic E-state index is 13.4. The Hall–Kier alpha value is -3.21. The van der Waals surface area contributed by atoms with Crippen LogP contribution in [0.25, 0.3) is 0 Å². The molecule has 1 aromatic heterocycles. The number of halogens is 3. The van der Waals surface area contributed by atoms with Gasteiger partial charge in [0.05, 0.1) is 23.7 Å². The highest BCUT2D eigenvalue weighted by Gasteiger charge is 2.10. The molecule has 0 saturated carbocycles. The summed E-state index contributed by atoms with van der Waals surface area (Å²) >= 11 is 0. The summed E-state index contributed by atoms with van der Waals surface area (Å²) in [6, 6.07) is 4.73. The Balaban J connectivity index is 2.03. The molecular formula is C16H16F3N5O3. The molecule has 0 amide bonds. The van der Waals surface area contributed by atoms with Crippen molar-refractivity contribution in [3.05, 3.63) is 42.0 Å². The smallest absolute Gasteiger partial charge is 0.387 e. The number of ether oxygens (including phenoxy) is 2. The molecule has 1 aromatic carbocycles. The standard InChI is InChI=1S/C16H16F3N5O3/c1-9(25)13-4-5-21-16(23-13)26-8-11(24-20)7-22-10-2-3-12(17)14(6-10)27-15(18)19/h2-7,9,15,25H,8,20H2,1H3. The fraction of sp³-hybridized carbons (Fsp3) is 0.250. The first kappa shape index (κ1) is 20.1. The second-order valence-electron chi connectivity index (χ2n) is 5.10. The van der Waals surface area contributed by atoms with Crippen molar-refractivity contribution in [2.24, 2.45) is 15.9 Å². The van der Waals surface area contributed by atoms with E-state index in [9.17, 15) is 18.3 Å². The van der Waals surface area contributed by atoms with Crippen molar-refractivity contribution in [1.29, 1.82) is 0 Å². The minimum Gasteiger partial charge on any atom is -0.457 e. The van der Waals surface area contributed by atoms with Crippen LogP contribution in [0.5, 0.6) is 11.8 Å². The van der Waals surface area contributed by atoms with E-state index in [1.54, 1.807) is 6.92 Å². The Kier molecular flexibility index (Phi) is 7.06. The lowest BCUT2D eigenvalue weighted by Crippen LogP contribution is -2.16. The van der Waals surface area contributed by atoms with Gasteiger partial charge in [-0.05, 0) is 25.1 Å². The van der Waals surface area contributed by atoms with Gasteiger partial charge in [-0.15, -0.1) is 0 Å². The quantitative estimate of drug-likeness (QED) is 0.411. The summed E-state index contributed by atoms with van der Waals surface area (Å²) in [6.45, 7) is -1.77. The van der Waals surface area contributed by atoms with E-state index >= 15 is 0 Å². The molecule has 1 unspecified atom stereocenters. The zero-order valence-corrected chi connectivity index (χ0v) is 14.1. The van der Waals surface area contributed by atoms with E-state index in [-0.39, 0.29) is 24.0 Å². The Bertz CT molecular complexity index is 831. The number of hydrazone groups is 1. The number of benzene rings is 1. The van der Waals surface area contributed by atoms with Gasteiger partial charge in [-0.2, -0.15) is 18.9 Å². The Morgan fingerprint density at radius 1 is 1.37 bits per heavy atom. The normalized spacial score (nSPS) is 13.2. The van der Waals surface area contributed by atoms with Crippen LogP contribution in [0, 0.1) is 5.82 Å².